The number of fused-ring (bicyclic) bond motifs is 1. The molecule has 8 heteroatoms. The van der Waals surface area contributed by atoms with Gasteiger partial charge in [0, 0.05) is 0 Å². The van der Waals surface area contributed by atoms with Crippen molar-refractivity contribution in [3.8, 4) is 0 Å². The highest BCUT2D eigenvalue weighted by Gasteiger charge is 2.14. The number of nitrogens with zero attached hydrogens (tertiary/aromatic N) is 2. The number of primary sulfonamides is 1. The zero-order valence-electron chi connectivity index (χ0n) is 12.8. The average Bonchev–Trinajstić information content (AvgIpc) is 2.54. The predicted octanol–water partition coefficient (Wildman–Crippen LogP) is 2.59. The number of benzene rings is 2. The fourth-order valence-corrected chi connectivity index (χ4v) is 3.00. The molecule has 0 bridgehead atoms. The van der Waals surface area contributed by atoms with Crippen LogP contribution in [0.4, 0.5) is 10.2 Å². The summed E-state index contributed by atoms with van der Waals surface area (Å²) in [6.07, 6.45) is 1.34. The quantitative estimate of drug-likeness (QED) is 0.757. The van der Waals surface area contributed by atoms with E-state index in [-0.39, 0.29) is 16.3 Å². The van der Waals surface area contributed by atoms with Gasteiger partial charge in [-0.25, -0.2) is 27.9 Å². The normalized spacial score (nSPS) is 13.0. The number of nitrogens with two attached hydrogens (primary N) is 1. The van der Waals surface area contributed by atoms with Crippen LogP contribution in [-0.4, -0.2) is 18.4 Å². The minimum Gasteiger partial charge on any atom is -0.363 e. The highest BCUT2D eigenvalue weighted by molar-refractivity contribution is 7.89. The molecule has 0 radical (unpaired) electrons. The smallest absolute Gasteiger partial charge is 0.238 e. The SMILES string of the molecule is C[C@H](Nc1ncnc2cccc(F)c12)c1cccc(S(N)(=O)=O)c1. The molecule has 0 fully saturated rings. The summed E-state index contributed by atoms with van der Waals surface area (Å²) in [6.45, 7) is 1.82. The molecule has 1 aromatic heterocycles. The zero-order valence-corrected chi connectivity index (χ0v) is 13.6. The number of nitrogens with one attached hydrogen (secondary N) is 1. The number of sulfonamides is 1. The van der Waals surface area contributed by atoms with Crippen molar-refractivity contribution in [1.82, 2.24) is 9.97 Å². The number of halogens is 1. The second kappa shape index (κ2) is 6.14. The van der Waals surface area contributed by atoms with Gasteiger partial charge < -0.3 is 5.32 Å². The fraction of sp³-hybridized carbons (Fsp3) is 0.125. The highest BCUT2D eigenvalue weighted by atomic mass is 32.2. The van der Waals surface area contributed by atoms with Gasteiger partial charge in [-0.15, -0.1) is 0 Å². The van der Waals surface area contributed by atoms with Gasteiger partial charge in [0.15, 0.2) is 0 Å². The van der Waals surface area contributed by atoms with Crippen LogP contribution >= 0.6 is 0 Å². The van der Waals surface area contributed by atoms with E-state index in [0.29, 0.717) is 16.9 Å². The van der Waals surface area contributed by atoms with E-state index in [0.717, 1.165) is 0 Å². The van der Waals surface area contributed by atoms with Crippen molar-refractivity contribution in [2.45, 2.75) is 17.9 Å². The molecular weight excluding hydrogens is 331 g/mol. The van der Waals surface area contributed by atoms with Crippen molar-refractivity contribution in [3.05, 3.63) is 60.2 Å². The van der Waals surface area contributed by atoms with E-state index < -0.39 is 15.8 Å². The first-order valence-corrected chi connectivity index (χ1v) is 8.69. The van der Waals surface area contributed by atoms with Crippen LogP contribution in [0.1, 0.15) is 18.5 Å². The summed E-state index contributed by atoms with van der Waals surface area (Å²) in [5.41, 5.74) is 1.17. The third-order valence-corrected chi connectivity index (χ3v) is 4.56. The maximum atomic E-state index is 14.1. The van der Waals surface area contributed by atoms with Crippen molar-refractivity contribution in [1.29, 1.82) is 0 Å². The Hall–Kier alpha value is -2.58. The van der Waals surface area contributed by atoms with E-state index in [9.17, 15) is 12.8 Å². The zero-order chi connectivity index (χ0) is 17.3. The molecular formula is C16H15FN4O2S. The van der Waals surface area contributed by atoms with E-state index in [2.05, 4.69) is 15.3 Å². The second-order valence-corrected chi connectivity index (χ2v) is 6.90. The van der Waals surface area contributed by atoms with Crippen LogP contribution in [0.15, 0.2) is 53.7 Å². The van der Waals surface area contributed by atoms with Crippen LogP contribution in [-0.2, 0) is 10.0 Å². The van der Waals surface area contributed by atoms with Crippen LogP contribution in [0.5, 0.6) is 0 Å². The molecule has 3 aromatic rings. The molecule has 3 rings (SSSR count). The molecule has 0 aliphatic rings. The van der Waals surface area contributed by atoms with Gasteiger partial charge in [0.1, 0.15) is 18.0 Å². The number of hydrogen-bond acceptors (Lipinski definition) is 5. The number of hydrogen-bond donors (Lipinski definition) is 2. The monoisotopic (exact) mass is 346 g/mol. The van der Waals surface area contributed by atoms with Crippen LogP contribution in [0.3, 0.4) is 0 Å². The molecule has 0 unspecified atom stereocenters. The summed E-state index contributed by atoms with van der Waals surface area (Å²) in [4.78, 5) is 8.16. The average molecular weight is 346 g/mol. The summed E-state index contributed by atoms with van der Waals surface area (Å²) in [5.74, 6) is -0.0901. The molecule has 1 atom stereocenters. The topological polar surface area (TPSA) is 98.0 Å². The van der Waals surface area contributed by atoms with Gasteiger partial charge in [0.05, 0.1) is 21.8 Å². The maximum absolute atomic E-state index is 14.1. The Kier molecular flexibility index (Phi) is 4.16. The summed E-state index contributed by atoms with van der Waals surface area (Å²) >= 11 is 0. The first-order valence-electron chi connectivity index (χ1n) is 7.15. The molecule has 0 aliphatic carbocycles. The lowest BCUT2D eigenvalue weighted by molar-refractivity contribution is 0.597. The maximum Gasteiger partial charge on any atom is 0.238 e. The van der Waals surface area contributed by atoms with Gasteiger partial charge in [-0.05, 0) is 36.8 Å². The predicted molar refractivity (Wildman–Crippen MR) is 89.3 cm³/mol. The third-order valence-electron chi connectivity index (χ3n) is 3.65. The fourth-order valence-electron chi connectivity index (χ4n) is 2.43. The van der Waals surface area contributed by atoms with Crippen LogP contribution in [0.25, 0.3) is 10.9 Å². The molecule has 1 heterocycles. The molecule has 0 saturated heterocycles. The van der Waals surface area contributed by atoms with Crippen LogP contribution in [0, 0.1) is 5.82 Å². The Morgan fingerprint density at radius 1 is 1.17 bits per heavy atom. The standard InChI is InChI=1S/C16H15FN4O2S/c1-10(11-4-2-5-12(8-11)24(18,22)23)21-16-15-13(17)6-3-7-14(15)19-9-20-16/h2-10H,1H3,(H2,18,22,23)(H,19,20,21)/t10-/m0/s1. The number of anilines is 1. The minimum atomic E-state index is -3.79. The van der Waals surface area contributed by atoms with Crippen LogP contribution in [0.2, 0.25) is 0 Å². The van der Waals surface area contributed by atoms with Gasteiger partial charge in [0.25, 0.3) is 0 Å². The molecule has 0 aliphatic heterocycles. The second-order valence-electron chi connectivity index (χ2n) is 5.34. The van der Waals surface area contributed by atoms with Crippen molar-refractivity contribution in [3.63, 3.8) is 0 Å². The van der Waals surface area contributed by atoms with E-state index in [4.69, 9.17) is 5.14 Å². The molecule has 0 amide bonds. The Bertz CT molecular complexity index is 1000. The van der Waals surface area contributed by atoms with Gasteiger partial charge in [-0.1, -0.05) is 18.2 Å². The molecule has 24 heavy (non-hydrogen) atoms. The van der Waals surface area contributed by atoms with Gasteiger partial charge in [-0.3, -0.25) is 0 Å². The lowest BCUT2D eigenvalue weighted by Gasteiger charge is -2.17. The Labute approximate surface area is 138 Å². The van der Waals surface area contributed by atoms with Gasteiger partial charge in [0.2, 0.25) is 10.0 Å². The molecule has 6 nitrogen and oxygen atoms in total. The summed E-state index contributed by atoms with van der Waals surface area (Å²) in [6, 6.07) is 10.5. The van der Waals surface area contributed by atoms with E-state index >= 15 is 0 Å². The minimum absolute atomic E-state index is 0.0207. The lowest BCUT2D eigenvalue weighted by atomic mass is 10.1. The summed E-state index contributed by atoms with van der Waals surface area (Å²) in [5, 5.41) is 8.53. The number of rotatable bonds is 4. The van der Waals surface area contributed by atoms with Gasteiger partial charge >= 0.3 is 0 Å². The molecule has 2 aromatic carbocycles. The van der Waals surface area contributed by atoms with E-state index in [1.54, 1.807) is 24.3 Å². The molecule has 0 spiro atoms. The first-order chi connectivity index (χ1) is 11.4. The summed E-state index contributed by atoms with van der Waals surface area (Å²) < 4.78 is 37.0. The largest absolute Gasteiger partial charge is 0.363 e. The van der Waals surface area contributed by atoms with Crippen molar-refractivity contribution in [2.24, 2.45) is 5.14 Å². The molecule has 0 saturated carbocycles. The first kappa shape index (κ1) is 16.3. The van der Waals surface area contributed by atoms with Gasteiger partial charge in [-0.2, -0.15) is 0 Å². The Morgan fingerprint density at radius 3 is 2.67 bits per heavy atom. The number of aromatic nitrogens is 2. The van der Waals surface area contributed by atoms with E-state index in [1.807, 2.05) is 6.92 Å². The third kappa shape index (κ3) is 3.19. The lowest BCUT2D eigenvalue weighted by Crippen LogP contribution is -2.14. The summed E-state index contributed by atoms with van der Waals surface area (Å²) in [7, 11) is -3.79. The molecule has 124 valence electrons. The van der Waals surface area contributed by atoms with Crippen molar-refractivity contribution in [2.75, 3.05) is 5.32 Å². The van der Waals surface area contributed by atoms with Crippen molar-refractivity contribution < 1.29 is 12.8 Å². The van der Waals surface area contributed by atoms with Crippen molar-refractivity contribution >= 4 is 26.7 Å². The molecule has 3 N–H and O–H groups in total. The van der Waals surface area contributed by atoms with Crippen LogP contribution < -0.4 is 10.5 Å². The highest BCUT2D eigenvalue weighted by Crippen LogP contribution is 2.26. The van der Waals surface area contributed by atoms with E-state index in [1.165, 1.54) is 24.5 Å². The Balaban J connectivity index is 1.98. The Morgan fingerprint density at radius 2 is 1.92 bits per heavy atom.